The molecule has 11 aliphatic rings. The highest BCUT2D eigenvalue weighted by Gasteiger charge is 2.30. The zero-order chi connectivity index (χ0) is 56.7. The number of rotatable bonds is 0. The second kappa shape index (κ2) is 45.8. The Morgan fingerprint density at radius 3 is 1.85 bits per heavy atom. The number of nitrogens with zero attached hydrogens (tertiary/aromatic N) is 4. The summed E-state index contributed by atoms with van der Waals surface area (Å²) in [6.07, 6.45) is 46.7. The van der Waals surface area contributed by atoms with E-state index in [-0.39, 0.29) is 0 Å². The Labute approximate surface area is 503 Å². The van der Waals surface area contributed by atoms with Gasteiger partial charge in [0.1, 0.15) is 18.2 Å². The number of allylic oxidation sites excluding steroid dienone is 1. The van der Waals surface area contributed by atoms with Gasteiger partial charge < -0.3 is 57.3 Å². The van der Waals surface area contributed by atoms with E-state index in [0.717, 1.165) is 119 Å². The van der Waals surface area contributed by atoms with E-state index in [9.17, 15) is 0 Å². The number of aryl methyl sites for hydroxylation is 1. The highest BCUT2D eigenvalue weighted by molar-refractivity contribution is 7.99. The molecular formula is C65H105N13O2S2. The fourth-order valence-electron chi connectivity index (χ4n) is 10.3. The maximum atomic E-state index is 5.30. The van der Waals surface area contributed by atoms with Crippen LogP contribution in [0.5, 0.6) is 5.75 Å². The molecule has 10 aliphatic heterocycles. The average molecular weight is 1160 g/mol. The van der Waals surface area contributed by atoms with Gasteiger partial charge in [-0.15, -0.1) is 11.8 Å². The Balaban J connectivity index is 0.000000147. The summed E-state index contributed by atoms with van der Waals surface area (Å²) in [5, 5.41) is 29.5. The van der Waals surface area contributed by atoms with Crippen molar-refractivity contribution in [2.24, 2.45) is 5.92 Å². The number of anilines is 5. The van der Waals surface area contributed by atoms with Crippen LogP contribution in [-0.4, -0.2) is 142 Å². The molecule has 17 heteroatoms. The summed E-state index contributed by atoms with van der Waals surface area (Å²) in [4.78, 5) is 17.7. The maximum Gasteiger partial charge on any atom is 0.168 e. The Bertz CT molecular complexity index is 1810. The van der Waals surface area contributed by atoms with Gasteiger partial charge >= 0.3 is 0 Å². The summed E-state index contributed by atoms with van der Waals surface area (Å²) in [5.74, 6) is 8.76. The molecule has 5 fully saturated rings. The molecule has 0 radical (unpaired) electrons. The highest BCUT2D eigenvalue weighted by atomic mass is 32.2. The lowest BCUT2D eigenvalue weighted by molar-refractivity contribution is 0.144. The van der Waals surface area contributed by atoms with Crippen LogP contribution in [0, 0.1) is 5.92 Å². The Kier molecular flexibility index (Phi) is 37.1. The maximum absolute atomic E-state index is 5.30. The van der Waals surface area contributed by atoms with Crippen molar-refractivity contribution in [1.82, 2.24) is 41.2 Å². The van der Waals surface area contributed by atoms with Gasteiger partial charge in [0.2, 0.25) is 0 Å². The quantitative estimate of drug-likeness (QED) is 0.0759. The zero-order valence-electron chi connectivity index (χ0n) is 49.9. The first-order chi connectivity index (χ1) is 40.8. The third kappa shape index (κ3) is 30.8. The molecule has 0 spiro atoms. The van der Waals surface area contributed by atoms with Crippen molar-refractivity contribution < 1.29 is 9.47 Å². The molecule has 2 unspecified atom stereocenters. The lowest BCUT2D eigenvalue weighted by Crippen LogP contribution is -2.23. The predicted octanol–water partition coefficient (Wildman–Crippen LogP) is 12.5. The number of nitrogens with one attached hydrogen (secondary N) is 9. The van der Waals surface area contributed by atoms with Crippen LogP contribution in [0.2, 0.25) is 0 Å². The van der Waals surface area contributed by atoms with Crippen LogP contribution in [0.4, 0.5) is 28.8 Å². The summed E-state index contributed by atoms with van der Waals surface area (Å²) < 4.78 is 10.5. The lowest BCUT2D eigenvalue weighted by atomic mass is 10.1. The van der Waals surface area contributed by atoms with Crippen LogP contribution >= 0.6 is 23.5 Å². The van der Waals surface area contributed by atoms with Crippen LogP contribution in [0.3, 0.4) is 0 Å². The minimum atomic E-state index is 0.735. The van der Waals surface area contributed by atoms with Crippen molar-refractivity contribution in [1.29, 1.82) is 0 Å². The van der Waals surface area contributed by atoms with Crippen molar-refractivity contribution in [3.63, 3.8) is 0 Å². The van der Waals surface area contributed by atoms with Gasteiger partial charge in [0, 0.05) is 99.3 Å². The van der Waals surface area contributed by atoms with E-state index in [1.807, 2.05) is 66.8 Å². The van der Waals surface area contributed by atoms with Gasteiger partial charge in [-0.2, -0.15) is 11.8 Å². The summed E-state index contributed by atoms with van der Waals surface area (Å²) >= 11 is 3.98. The predicted molar refractivity (Wildman–Crippen MR) is 352 cm³/mol. The molecule has 14 heterocycles. The Hall–Kier alpha value is -4.62. The van der Waals surface area contributed by atoms with E-state index in [1.54, 1.807) is 12.4 Å². The number of ether oxygens (including phenoxy) is 2. The molecule has 0 amide bonds. The van der Waals surface area contributed by atoms with Crippen LogP contribution in [-0.2, 0) is 11.2 Å². The largest absolute Gasteiger partial charge is 0.488 e. The van der Waals surface area contributed by atoms with Crippen LogP contribution in [0.15, 0.2) is 103 Å². The van der Waals surface area contributed by atoms with Gasteiger partial charge in [0.15, 0.2) is 11.6 Å². The van der Waals surface area contributed by atoms with Gasteiger partial charge in [0.05, 0.1) is 12.2 Å². The van der Waals surface area contributed by atoms with E-state index < -0.39 is 0 Å². The monoisotopic (exact) mass is 1160 g/mol. The van der Waals surface area contributed by atoms with E-state index >= 15 is 0 Å². The van der Waals surface area contributed by atoms with E-state index in [4.69, 9.17) is 9.47 Å². The lowest BCUT2D eigenvalue weighted by Gasteiger charge is -2.17. The second-order valence-electron chi connectivity index (χ2n) is 21.7. The topological polar surface area (TPSA) is 178 Å². The summed E-state index contributed by atoms with van der Waals surface area (Å²) in [6, 6.07) is 14.8. The Morgan fingerprint density at radius 1 is 0.476 bits per heavy atom. The summed E-state index contributed by atoms with van der Waals surface area (Å²) in [6.45, 7) is 16.1. The highest BCUT2D eigenvalue weighted by Crippen LogP contribution is 2.30. The van der Waals surface area contributed by atoms with E-state index in [2.05, 4.69) is 110 Å². The number of thioether (sulfide) groups is 2. The number of piperidine rings is 1. The zero-order valence-corrected chi connectivity index (χ0v) is 51.5. The third-order valence-corrected chi connectivity index (χ3v) is 17.1. The van der Waals surface area contributed by atoms with Gasteiger partial charge in [-0.05, 0) is 201 Å². The SMILES string of the molecule is C1=CCCNCC1.C1=CCNCCC1.C1CC2CC1CN2.C1CCCNCC1.C1CCCOCC1.C1CCCSCC1.c1cc2c(cn1)CCCN2.c1cnc2c(c1)NCCN2.c1cnc2c(c1)OCCN2.c1cnc2c(c1)SCCN2. The molecule has 2 atom stereocenters. The minimum absolute atomic E-state index is 0.735. The molecule has 82 heavy (non-hydrogen) atoms. The molecule has 2 bridgehead atoms. The molecule has 15 rings (SSSR count). The van der Waals surface area contributed by atoms with Gasteiger partial charge in [0.25, 0.3) is 0 Å². The number of aromatic nitrogens is 4. The first-order valence-electron chi connectivity index (χ1n) is 31.9. The number of pyridine rings is 4. The molecule has 9 N–H and O–H groups in total. The second-order valence-corrected chi connectivity index (χ2v) is 24.0. The minimum Gasteiger partial charge on any atom is -0.488 e. The molecular weight excluding hydrogens is 1060 g/mol. The molecule has 4 aromatic heterocycles. The molecule has 4 saturated heterocycles. The fraction of sp³-hybridized carbons (Fsp3) is 0.631. The normalized spacial score (nSPS) is 21.4. The summed E-state index contributed by atoms with van der Waals surface area (Å²) in [5.41, 5.74) is 3.73. The van der Waals surface area contributed by atoms with Crippen molar-refractivity contribution in [2.45, 2.75) is 146 Å². The van der Waals surface area contributed by atoms with Gasteiger partial charge in [-0.25, -0.2) is 15.0 Å². The average Bonchev–Trinajstić information content (AvgIpc) is 4.01. The smallest absolute Gasteiger partial charge is 0.168 e. The Morgan fingerprint density at radius 2 is 1.15 bits per heavy atom. The standard InChI is InChI=1S/C8H10N2.C7H9N3.C7H8N2O.C7H8N2S.C6H11N.C6H13N.2C6H11N.C6H12O.C6H12S/c1-2-7-6-9-5-3-8(7)10-4-1;1-2-6-7(9-3-1)10-5-4-8-6;2*1-2-6-7(8-3-1)9-4-5-10-6;1-2-6-3-5(1)4-7-6;5*1-2-4-6-7-5-3-1/h3,5-6,10H,1-2,4H2;1-3,8H,4-5H2,(H,9,10);2*1-3H,4-5H2,(H,8,9);5-7H,1-4H2;7H,1-6H2;1,3,7H,2,4-6H2;1-2,7H,3-6H2;2*1-6H2. The first-order valence-corrected chi connectivity index (χ1v) is 34.0. The van der Waals surface area contributed by atoms with Gasteiger partial charge in [-0.3, -0.25) is 4.98 Å². The molecule has 454 valence electrons. The van der Waals surface area contributed by atoms with E-state index in [0.29, 0.717) is 0 Å². The van der Waals surface area contributed by atoms with Crippen LogP contribution in [0.1, 0.15) is 134 Å². The number of hydrogen-bond acceptors (Lipinski definition) is 17. The van der Waals surface area contributed by atoms with Crippen LogP contribution < -0.4 is 52.6 Å². The third-order valence-electron chi connectivity index (χ3n) is 14.9. The van der Waals surface area contributed by atoms with Crippen molar-refractivity contribution >= 4 is 52.4 Å². The molecule has 4 aromatic rings. The van der Waals surface area contributed by atoms with Crippen LogP contribution in [0.25, 0.3) is 0 Å². The number of hydrogen-bond donors (Lipinski definition) is 9. The molecule has 0 aromatic carbocycles. The van der Waals surface area contributed by atoms with Crippen molar-refractivity contribution in [2.75, 3.05) is 142 Å². The first kappa shape index (κ1) is 66.5. The molecule has 1 aliphatic carbocycles. The molecule has 1 saturated carbocycles. The van der Waals surface area contributed by atoms with Crippen molar-refractivity contribution in [3.05, 3.63) is 103 Å². The van der Waals surface area contributed by atoms with E-state index in [1.165, 1.54) is 189 Å². The van der Waals surface area contributed by atoms with Crippen molar-refractivity contribution in [3.8, 4) is 5.75 Å². The number of fused-ring (bicyclic) bond motifs is 6. The summed E-state index contributed by atoms with van der Waals surface area (Å²) in [7, 11) is 0. The molecule has 15 nitrogen and oxygen atoms in total. The fourth-order valence-corrected chi connectivity index (χ4v) is 12.1. The van der Waals surface area contributed by atoms with Gasteiger partial charge in [-0.1, -0.05) is 62.8 Å².